The predicted octanol–water partition coefficient (Wildman–Crippen LogP) is 5.78. The maximum absolute atomic E-state index is 12.6. The van der Waals surface area contributed by atoms with Gasteiger partial charge in [-0.05, 0) is 74.4 Å². The average molecular weight is 414 g/mol. The van der Waals surface area contributed by atoms with Crippen molar-refractivity contribution in [3.05, 3.63) is 87.9 Å². The van der Waals surface area contributed by atoms with Crippen LogP contribution in [-0.4, -0.2) is 14.6 Å². The lowest BCUT2D eigenvalue weighted by Gasteiger charge is -2.10. The van der Waals surface area contributed by atoms with Crippen LogP contribution in [-0.2, 0) is 10.1 Å². The van der Waals surface area contributed by atoms with Crippen molar-refractivity contribution in [3.63, 3.8) is 0 Å². The smallest absolute Gasteiger partial charge is 0.339 e. The van der Waals surface area contributed by atoms with E-state index in [9.17, 15) is 8.42 Å². The van der Waals surface area contributed by atoms with Crippen molar-refractivity contribution >= 4 is 33.6 Å². The van der Waals surface area contributed by atoms with Gasteiger partial charge in [0.15, 0.2) is 5.75 Å². The highest BCUT2D eigenvalue weighted by atomic mass is 35.5. The summed E-state index contributed by atoms with van der Waals surface area (Å²) in [5, 5.41) is 0.460. The summed E-state index contributed by atoms with van der Waals surface area (Å²) in [5.74, 6) is 0.164. The van der Waals surface area contributed by atoms with E-state index >= 15 is 0 Å². The number of hydrogen-bond donors (Lipinski definition) is 0. The number of rotatable bonds is 5. The van der Waals surface area contributed by atoms with Crippen molar-refractivity contribution < 1.29 is 12.6 Å². The summed E-state index contributed by atoms with van der Waals surface area (Å²) >= 11 is 6.08. The summed E-state index contributed by atoms with van der Waals surface area (Å²) in [6.45, 7) is 5.93. The SMILES string of the molecule is Cc1ccc(S(=O)(=O)Oc2ccc(Cl)cc2C=Nc2ccc(C)c(C)c2)cc1. The first-order chi connectivity index (χ1) is 13.2. The standard InChI is InChI=1S/C22H20ClNO3S/c1-15-4-9-21(10-5-15)28(25,26)27-22-11-7-19(23)13-18(22)14-24-20-8-6-16(2)17(3)12-20/h4-14H,1-3H3. The van der Waals surface area contributed by atoms with Crippen LogP contribution in [0.15, 0.2) is 70.6 Å². The van der Waals surface area contributed by atoms with E-state index in [-0.39, 0.29) is 10.6 Å². The molecule has 0 aliphatic carbocycles. The van der Waals surface area contributed by atoms with Gasteiger partial charge in [-0.1, -0.05) is 35.4 Å². The van der Waals surface area contributed by atoms with Crippen molar-refractivity contribution in [1.82, 2.24) is 0 Å². The van der Waals surface area contributed by atoms with Crippen LogP contribution in [0.1, 0.15) is 22.3 Å². The largest absolute Gasteiger partial charge is 0.378 e. The van der Waals surface area contributed by atoms with Crippen LogP contribution >= 0.6 is 11.6 Å². The number of benzene rings is 3. The summed E-state index contributed by atoms with van der Waals surface area (Å²) in [4.78, 5) is 4.52. The molecule has 0 unspecified atom stereocenters. The zero-order valence-corrected chi connectivity index (χ0v) is 17.4. The number of halogens is 1. The highest BCUT2D eigenvalue weighted by Crippen LogP contribution is 2.26. The van der Waals surface area contributed by atoms with Crippen molar-refractivity contribution in [3.8, 4) is 5.75 Å². The van der Waals surface area contributed by atoms with E-state index < -0.39 is 10.1 Å². The Bertz CT molecular complexity index is 1140. The minimum absolute atomic E-state index is 0.0881. The summed E-state index contributed by atoms with van der Waals surface area (Å²) < 4.78 is 30.6. The molecule has 0 amide bonds. The third kappa shape index (κ3) is 4.80. The van der Waals surface area contributed by atoms with Gasteiger partial charge in [-0.15, -0.1) is 0 Å². The second-order valence-corrected chi connectivity index (χ2v) is 8.54. The molecule has 144 valence electrons. The molecular formula is C22H20ClNO3S. The van der Waals surface area contributed by atoms with Crippen molar-refractivity contribution in [2.75, 3.05) is 0 Å². The van der Waals surface area contributed by atoms with Gasteiger partial charge in [0.2, 0.25) is 0 Å². The molecule has 0 heterocycles. The number of hydrogen-bond acceptors (Lipinski definition) is 4. The van der Waals surface area contributed by atoms with Gasteiger partial charge < -0.3 is 4.18 Å². The fourth-order valence-electron chi connectivity index (χ4n) is 2.52. The zero-order chi connectivity index (χ0) is 20.3. The maximum atomic E-state index is 12.6. The summed E-state index contributed by atoms with van der Waals surface area (Å²) in [7, 11) is -3.97. The van der Waals surface area contributed by atoms with Crippen LogP contribution in [0.25, 0.3) is 0 Å². The molecule has 0 spiro atoms. The molecule has 0 aliphatic rings. The monoisotopic (exact) mass is 413 g/mol. The molecule has 0 atom stereocenters. The van der Waals surface area contributed by atoms with Crippen molar-refractivity contribution in [2.24, 2.45) is 4.99 Å². The Balaban J connectivity index is 1.93. The lowest BCUT2D eigenvalue weighted by Crippen LogP contribution is -2.11. The van der Waals surface area contributed by atoms with E-state index in [4.69, 9.17) is 15.8 Å². The second-order valence-electron chi connectivity index (χ2n) is 6.56. The summed E-state index contributed by atoms with van der Waals surface area (Å²) in [6.07, 6.45) is 1.55. The van der Waals surface area contributed by atoms with Gasteiger partial charge in [0.05, 0.1) is 5.69 Å². The highest BCUT2D eigenvalue weighted by Gasteiger charge is 2.18. The molecule has 3 aromatic carbocycles. The number of nitrogens with zero attached hydrogens (tertiary/aromatic N) is 1. The molecule has 3 rings (SSSR count). The van der Waals surface area contributed by atoms with Gasteiger partial charge in [-0.2, -0.15) is 8.42 Å². The minimum Gasteiger partial charge on any atom is -0.378 e. The summed E-state index contributed by atoms with van der Waals surface area (Å²) in [6, 6.07) is 17.0. The average Bonchev–Trinajstić information content (AvgIpc) is 2.65. The first kappa shape index (κ1) is 20.1. The first-order valence-electron chi connectivity index (χ1n) is 8.67. The Morgan fingerprint density at radius 1 is 0.893 bits per heavy atom. The molecule has 3 aromatic rings. The number of aryl methyl sites for hydroxylation is 3. The predicted molar refractivity (Wildman–Crippen MR) is 114 cm³/mol. The topological polar surface area (TPSA) is 55.7 Å². The Labute approximate surface area is 170 Å². The Hall–Kier alpha value is -2.63. The molecular weight excluding hydrogens is 394 g/mol. The lowest BCUT2D eigenvalue weighted by atomic mass is 10.1. The Kier molecular flexibility index (Phi) is 5.87. The molecule has 0 bridgehead atoms. The zero-order valence-electron chi connectivity index (χ0n) is 15.8. The van der Waals surface area contributed by atoms with Gasteiger partial charge >= 0.3 is 10.1 Å². The van der Waals surface area contributed by atoms with Crippen LogP contribution in [0.4, 0.5) is 5.69 Å². The van der Waals surface area contributed by atoms with E-state index in [0.29, 0.717) is 10.6 Å². The van der Waals surface area contributed by atoms with Crippen LogP contribution in [0.2, 0.25) is 5.02 Å². The quantitative estimate of drug-likeness (QED) is 0.393. The fraction of sp³-hybridized carbons (Fsp3) is 0.136. The molecule has 0 aliphatic heterocycles. The van der Waals surface area contributed by atoms with Gasteiger partial charge in [-0.25, -0.2) is 0 Å². The van der Waals surface area contributed by atoms with Crippen molar-refractivity contribution in [2.45, 2.75) is 25.7 Å². The second kappa shape index (κ2) is 8.17. The van der Waals surface area contributed by atoms with Gasteiger partial charge in [0.25, 0.3) is 0 Å². The van der Waals surface area contributed by atoms with E-state index in [1.807, 2.05) is 39.0 Å². The first-order valence-corrected chi connectivity index (χ1v) is 10.5. The normalized spacial score (nSPS) is 11.7. The van der Waals surface area contributed by atoms with Gasteiger partial charge in [0, 0.05) is 16.8 Å². The Morgan fingerprint density at radius 2 is 1.61 bits per heavy atom. The molecule has 0 saturated heterocycles. The molecule has 0 N–H and O–H groups in total. The van der Waals surface area contributed by atoms with E-state index in [1.54, 1.807) is 30.5 Å². The fourth-order valence-corrected chi connectivity index (χ4v) is 3.65. The lowest BCUT2D eigenvalue weighted by molar-refractivity contribution is 0.485. The van der Waals surface area contributed by atoms with E-state index in [0.717, 1.165) is 16.8 Å². The van der Waals surface area contributed by atoms with Crippen LogP contribution < -0.4 is 4.18 Å². The molecule has 0 radical (unpaired) electrons. The maximum Gasteiger partial charge on any atom is 0.339 e. The van der Waals surface area contributed by atoms with Crippen molar-refractivity contribution in [1.29, 1.82) is 0 Å². The van der Waals surface area contributed by atoms with E-state index in [2.05, 4.69) is 4.99 Å². The highest BCUT2D eigenvalue weighted by molar-refractivity contribution is 7.87. The molecule has 6 heteroatoms. The van der Waals surface area contributed by atoms with Crippen LogP contribution in [0, 0.1) is 20.8 Å². The third-order valence-corrected chi connectivity index (χ3v) is 5.81. The molecule has 28 heavy (non-hydrogen) atoms. The Morgan fingerprint density at radius 3 is 2.29 bits per heavy atom. The molecule has 0 aromatic heterocycles. The third-order valence-electron chi connectivity index (χ3n) is 4.32. The molecule has 4 nitrogen and oxygen atoms in total. The van der Waals surface area contributed by atoms with E-state index in [1.165, 1.54) is 23.8 Å². The summed E-state index contributed by atoms with van der Waals surface area (Å²) in [5.41, 5.74) is 4.50. The van der Waals surface area contributed by atoms with Gasteiger partial charge in [0.1, 0.15) is 4.90 Å². The van der Waals surface area contributed by atoms with Crippen LogP contribution in [0.5, 0.6) is 5.75 Å². The van der Waals surface area contributed by atoms with Crippen LogP contribution in [0.3, 0.4) is 0 Å². The molecule has 0 saturated carbocycles. The minimum atomic E-state index is -3.97. The number of aliphatic imine (C=N–C) groups is 1. The molecule has 0 fully saturated rings. The van der Waals surface area contributed by atoms with Gasteiger partial charge in [-0.3, -0.25) is 4.99 Å².